The molecule has 0 bridgehead atoms. The summed E-state index contributed by atoms with van der Waals surface area (Å²) < 4.78 is 19.0. The monoisotopic (exact) mass is 662 g/mol. The molecule has 0 aliphatic heterocycles. The molecule has 0 spiro atoms. The number of carboxylic acid groups (broad SMARTS) is 1. The van der Waals surface area contributed by atoms with Crippen LogP contribution in [-0.4, -0.2) is 29.8 Å². The summed E-state index contributed by atoms with van der Waals surface area (Å²) in [6.45, 7) is 2.45. The second-order valence-corrected chi connectivity index (χ2v) is 9.63. The fourth-order valence-electron chi connectivity index (χ4n) is 3.36. The average Bonchev–Trinajstić information content (AvgIpc) is 3.27. The minimum absolute atomic E-state index is 0.153. The summed E-state index contributed by atoms with van der Waals surface area (Å²) in [5, 5.41) is 14.0. The van der Waals surface area contributed by atoms with Crippen LogP contribution < -0.4 is 14.9 Å². The number of furan rings is 1. The highest BCUT2D eigenvalue weighted by atomic mass is 127. The Morgan fingerprint density at radius 1 is 1.14 bits per heavy atom. The Bertz CT molecular complexity index is 1470. The number of hydrogen-bond donors (Lipinski definition) is 2. The van der Waals surface area contributed by atoms with Crippen LogP contribution in [0.4, 0.5) is 0 Å². The third-order valence-electron chi connectivity index (χ3n) is 4.97. The maximum atomic E-state index is 12.5. The van der Waals surface area contributed by atoms with E-state index in [0.29, 0.717) is 29.3 Å². The molecule has 184 valence electrons. The summed E-state index contributed by atoms with van der Waals surface area (Å²) in [7, 11) is 0. The topological polar surface area (TPSA) is 110 Å². The van der Waals surface area contributed by atoms with Gasteiger partial charge in [-0.1, -0.05) is 28.1 Å². The maximum Gasteiger partial charge on any atom is 0.335 e. The molecule has 2 N–H and O–H groups in total. The molecule has 10 heteroatoms. The van der Waals surface area contributed by atoms with Crippen molar-refractivity contribution in [1.82, 2.24) is 5.43 Å². The molecule has 0 saturated carbocycles. The van der Waals surface area contributed by atoms with Gasteiger partial charge in [0.2, 0.25) is 0 Å². The fourth-order valence-corrected chi connectivity index (χ4v) is 4.52. The van der Waals surface area contributed by atoms with Crippen molar-refractivity contribution in [1.29, 1.82) is 0 Å². The molecule has 0 aliphatic rings. The van der Waals surface area contributed by atoms with E-state index in [1.165, 1.54) is 12.3 Å². The number of nitrogens with zero attached hydrogens (tertiary/aromatic N) is 1. The second-order valence-electron chi connectivity index (χ2n) is 7.55. The fraction of sp³-hybridized carbons (Fsp3) is 0.115. The van der Waals surface area contributed by atoms with Crippen LogP contribution in [0.2, 0.25) is 0 Å². The summed E-state index contributed by atoms with van der Waals surface area (Å²) in [6, 6.07) is 17.3. The van der Waals surface area contributed by atoms with E-state index < -0.39 is 11.9 Å². The van der Waals surface area contributed by atoms with Crippen molar-refractivity contribution in [3.63, 3.8) is 0 Å². The van der Waals surface area contributed by atoms with Crippen LogP contribution in [0, 0.1) is 3.57 Å². The first-order valence-electron chi connectivity index (χ1n) is 10.8. The first-order chi connectivity index (χ1) is 17.3. The number of rotatable bonds is 9. The largest absolute Gasteiger partial charge is 0.490 e. The van der Waals surface area contributed by atoms with Crippen molar-refractivity contribution in [3.05, 3.63) is 91.2 Å². The van der Waals surface area contributed by atoms with Gasteiger partial charge >= 0.3 is 11.9 Å². The summed E-state index contributed by atoms with van der Waals surface area (Å²) >= 11 is 5.53. The number of hydrogen-bond acceptors (Lipinski definition) is 6. The molecule has 0 radical (unpaired) electrons. The van der Waals surface area contributed by atoms with E-state index in [9.17, 15) is 14.7 Å². The van der Waals surface area contributed by atoms with Gasteiger partial charge in [0, 0.05) is 9.86 Å². The average molecular weight is 663 g/mol. The molecule has 0 atom stereocenters. The predicted molar refractivity (Wildman–Crippen MR) is 147 cm³/mol. The number of hydrazone groups is 1. The molecule has 0 fully saturated rings. The second kappa shape index (κ2) is 11.6. The predicted octanol–water partition coefficient (Wildman–Crippen LogP) is 6.24. The first-order valence-corrected chi connectivity index (χ1v) is 12.6. The number of amides is 1. The van der Waals surface area contributed by atoms with Gasteiger partial charge in [-0.2, -0.15) is 5.10 Å². The lowest BCUT2D eigenvalue weighted by Crippen LogP contribution is -2.16. The quantitative estimate of drug-likeness (QED) is 0.125. The van der Waals surface area contributed by atoms with Crippen LogP contribution in [0.5, 0.6) is 11.5 Å². The normalized spacial score (nSPS) is 11.1. The van der Waals surface area contributed by atoms with Gasteiger partial charge in [-0.05, 0) is 89.2 Å². The molecular formula is C26H20BrIN2O6. The zero-order chi connectivity index (χ0) is 25.7. The SMILES string of the molecule is CCOc1cc(/C=N/NC(=O)c2cc3cc(Br)ccc3o2)cc(I)c1OCc1cccc(C(=O)O)c1. The van der Waals surface area contributed by atoms with Crippen molar-refractivity contribution >= 4 is 67.6 Å². The van der Waals surface area contributed by atoms with Crippen molar-refractivity contribution in [2.45, 2.75) is 13.5 Å². The molecule has 4 aromatic rings. The molecule has 1 amide bonds. The number of fused-ring (bicyclic) bond motifs is 1. The zero-order valence-corrected chi connectivity index (χ0v) is 22.7. The molecule has 1 aromatic heterocycles. The number of ether oxygens (including phenoxy) is 2. The molecule has 1 heterocycles. The smallest absolute Gasteiger partial charge is 0.335 e. The van der Waals surface area contributed by atoms with Crippen molar-refractivity contribution in [2.24, 2.45) is 5.10 Å². The Balaban J connectivity index is 1.47. The van der Waals surface area contributed by atoms with E-state index in [0.717, 1.165) is 19.0 Å². The molecule has 36 heavy (non-hydrogen) atoms. The number of nitrogens with one attached hydrogen (secondary N) is 1. The number of carbonyl (C=O) groups is 2. The summed E-state index contributed by atoms with van der Waals surface area (Å²) in [5.41, 5.74) is 4.68. The molecule has 0 aliphatic carbocycles. The van der Waals surface area contributed by atoms with E-state index in [1.807, 2.05) is 25.1 Å². The van der Waals surface area contributed by atoms with Crippen molar-refractivity contribution in [2.75, 3.05) is 6.61 Å². The molecular weight excluding hydrogens is 643 g/mol. The van der Waals surface area contributed by atoms with Crippen molar-refractivity contribution in [3.8, 4) is 11.5 Å². The lowest BCUT2D eigenvalue weighted by molar-refractivity contribution is 0.0696. The van der Waals surface area contributed by atoms with E-state index in [-0.39, 0.29) is 17.9 Å². The van der Waals surface area contributed by atoms with Gasteiger partial charge < -0.3 is 19.0 Å². The summed E-state index contributed by atoms with van der Waals surface area (Å²) in [5.74, 6) is -0.268. The van der Waals surface area contributed by atoms with Crippen LogP contribution in [-0.2, 0) is 6.61 Å². The van der Waals surface area contributed by atoms with E-state index in [4.69, 9.17) is 13.9 Å². The molecule has 0 saturated heterocycles. The Morgan fingerprint density at radius 2 is 1.97 bits per heavy atom. The summed E-state index contributed by atoms with van der Waals surface area (Å²) in [4.78, 5) is 23.7. The number of halogens is 2. The van der Waals surface area contributed by atoms with E-state index in [1.54, 1.807) is 36.4 Å². The zero-order valence-electron chi connectivity index (χ0n) is 19.0. The van der Waals surface area contributed by atoms with Gasteiger partial charge in [0.1, 0.15) is 12.2 Å². The molecule has 3 aromatic carbocycles. The molecule has 8 nitrogen and oxygen atoms in total. The van der Waals surface area contributed by atoms with Crippen LogP contribution >= 0.6 is 38.5 Å². The van der Waals surface area contributed by atoms with Crippen LogP contribution in [0.1, 0.15) is 39.0 Å². The Morgan fingerprint density at radius 3 is 2.75 bits per heavy atom. The van der Waals surface area contributed by atoms with Crippen LogP contribution in [0.15, 0.2) is 74.7 Å². The first kappa shape index (κ1) is 25.7. The number of benzene rings is 3. The summed E-state index contributed by atoms with van der Waals surface area (Å²) in [6.07, 6.45) is 1.50. The molecule has 4 rings (SSSR count). The van der Waals surface area contributed by atoms with E-state index >= 15 is 0 Å². The minimum atomic E-state index is -0.995. The van der Waals surface area contributed by atoms with Gasteiger partial charge in [0.05, 0.1) is 22.0 Å². The highest BCUT2D eigenvalue weighted by molar-refractivity contribution is 14.1. The lowest BCUT2D eigenvalue weighted by atomic mass is 10.1. The highest BCUT2D eigenvalue weighted by Crippen LogP contribution is 2.34. The van der Waals surface area contributed by atoms with Gasteiger partial charge in [-0.25, -0.2) is 10.2 Å². The van der Waals surface area contributed by atoms with Gasteiger partial charge in [-0.3, -0.25) is 4.79 Å². The van der Waals surface area contributed by atoms with Gasteiger partial charge in [0.25, 0.3) is 0 Å². The van der Waals surface area contributed by atoms with Gasteiger partial charge in [0.15, 0.2) is 17.3 Å². The Kier molecular flexibility index (Phi) is 8.26. The third-order valence-corrected chi connectivity index (χ3v) is 6.27. The minimum Gasteiger partial charge on any atom is -0.490 e. The molecule has 0 unspecified atom stereocenters. The number of aromatic carboxylic acids is 1. The number of carboxylic acids is 1. The Labute approximate surface area is 228 Å². The van der Waals surface area contributed by atoms with E-state index in [2.05, 4.69) is 49.0 Å². The van der Waals surface area contributed by atoms with Crippen molar-refractivity contribution < 1.29 is 28.6 Å². The lowest BCUT2D eigenvalue weighted by Gasteiger charge is -2.15. The standard InChI is InChI=1S/C26H20BrIN2O6/c1-2-34-22-10-16(9-20(28)24(22)35-14-15-4-3-5-17(8-15)26(32)33)13-29-30-25(31)23-12-18-11-19(27)6-7-21(18)36-23/h3-13H,2,14H2,1H3,(H,30,31)(H,32,33)/b29-13+. The maximum absolute atomic E-state index is 12.5. The third kappa shape index (κ3) is 6.24. The Hall–Kier alpha value is -3.38. The number of carbonyl (C=O) groups excluding carboxylic acids is 1. The van der Waals surface area contributed by atoms with Gasteiger partial charge in [-0.15, -0.1) is 0 Å². The van der Waals surface area contributed by atoms with Crippen LogP contribution in [0.3, 0.4) is 0 Å². The van der Waals surface area contributed by atoms with Crippen LogP contribution in [0.25, 0.3) is 11.0 Å². The highest BCUT2D eigenvalue weighted by Gasteiger charge is 2.14.